The zero-order valence-electron chi connectivity index (χ0n) is 8.81. The van der Waals surface area contributed by atoms with Crippen molar-refractivity contribution < 1.29 is 4.74 Å². The van der Waals surface area contributed by atoms with Crippen LogP contribution in [0, 0.1) is 5.21 Å². The lowest BCUT2D eigenvalue weighted by atomic mass is 10.2. The van der Waals surface area contributed by atoms with E-state index in [2.05, 4.69) is 0 Å². The van der Waals surface area contributed by atoms with Gasteiger partial charge in [0, 0.05) is 12.1 Å². The van der Waals surface area contributed by atoms with Crippen LogP contribution >= 0.6 is 23.2 Å². The first-order chi connectivity index (χ1) is 8.18. The van der Waals surface area contributed by atoms with Gasteiger partial charge in [0.25, 0.3) is 0 Å². The smallest absolute Gasteiger partial charge is 0.216 e. The Morgan fingerprint density at radius 1 is 0.882 bits per heavy atom. The molecule has 86 valence electrons. The quantitative estimate of drug-likeness (QED) is 0.345. The van der Waals surface area contributed by atoms with Crippen LogP contribution in [0.4, 0.5) is 5.69 Å². The molecule has 0 aliphatic carbocycles. The second-order valence-corrected chi connectivity index (χ2v) is 4.24. The Bertz CT molecular complexity index is 532. The standard InChI is InChI=1S/C13H9Cl2NO/c14-12-7-4-8-13(15)11(12)9-16(17)10-5-2-1-3-6-10/h1-9H/b16-9-. The fraction of sp³-hybridized carbons (Fsp3) is 0. The number of rotatable bonds is 2. The molecule has 2 rings (SSSR count). The fourth-order valence-corrected chi connectivity index (χ4v) is 1.90. The molecule has 0 heterocycles. The van der Waals surface area contributed by atoms with Crippen molar-refractivity contribution in [3.05, 3.63) is 69.3 Å². The van der Waals surface area contributed by atoms with Gasteiger partial charge in [0.05, 0.1) is 15.6 Å². The number of hydrogen-bond donors (Lipinski definition) is 0. The molecule has 0 aromatic heterocycles. The van der Waals surface area contributed by atoms with Crippen LogP contribution in [0.15, 0.2) is 48.5 Å². The third-order valence-corrected chi connectivity index (χ3v) is 2.92. The molecule has 2 aromatic carbocycles. The molecule has 0 amide bonds. The van der Waals surface area contributed by atoms with Crippen molar-refractivity contribution in [1.82, 2.24) is 0 Å². The molecule has 0 saturated carbocycles. The van der Waals surface area contributed by atoms with Crippen LogP contribution in [0.1, 0.15) is 5.56 Å². The highest BCUT2D eigenvalue weighted by Crippen LogP contribution is 2.23. The van der Waals surface area contributed by atoms with Gasteiger partial charge in [0.2, 0.25) is 5.69 Å². The van der Waals surface area contributed by atoms with Gasteiger partial charge >= 0.3 is 0 Å². The monoisotopic (exact) mass is 265 g/mol. The summed E-state index contributed by atoms with van der Waals surface area (Å²) in [6.07, 6.45) is 1.38. The Kier molecular flexibility index (Phi) is 3.67. The summed E-state index contributed by atoms with van der Waals surface area (Å²) in [5, 5.41) is 12.8. The van der Waals surface area contributed by atoms with Crippen LogP contribution in [0.25, 0.3) is 0 Å². The van der Waals surface area contributed by atoms with E-state index in [1.165, 1.54) is 6.21 Å². The van der Waals surface area contributed by atoms with Crippen LogP contribution in [0.3, 0.4) is 0 Å². The highest BCUT2D eigenvalue weighted by Gasteiger charge is 2.07. The van der Waals surface area contributed by atoms with Gasteiger partial charge in [-0.15, -0.1) is 0 Å². The SMILES string of the molecule is [O-]/[N+](=C\c1c(Cl)cccc1Cl)c1ccccc1. The third-order valence-electron chi connectivity index (χ3n) is 2.26. The molecule has 0 atom stereocenters. The zero-order chi connectivity index (χ0) is 12.3. The molecule has 4 heteroatoms. The molecular formula is C13H9Cl2NO. The van der Waals surface area contributed by atoms with Gasteiger partial charge in [-0.2, -0.15) is 4.74 Å². The highest BCUT2D eigenvalue weighted by atomic mass is 35.5. The lowest BCUT2D eigenvalue weighted by Gasteiger charge is -2.04. The zero-order valence-corrected chi connectivity index (χ0v) is 10.3. The maximum Gasteiger partial charge on any atom is 0.216 e. The van der Waals surface area contributed by atoms with E-state index in [1.807, 2.05) is 6.07 Å². The molecule has 17 heavy (non-hydrogen) atoms. The minimum absolute atomic E-state index is 0.453. The molecule has 0 spiro atoms. The Morgan fingerprint density at radius 2 is 1.47 bits per heavy atom. The lowest BCUT2D eigenvalue weighted by Crippen LogP contribution is -1.99. The van der Waals surface area contributed by atoms with Crippen molar-refractivity contribution >= 4 is 35.1 Å². The van der Waals surface area contributed by atoms with E-state index in [0.29, 0.717) is 21.3 Å². The minimum Gasteiger partial charge on any atom is -0.618 e. The van der Waals surface area contributed by atoms with E-state index in [-0.39, 0.29) is 0 Å². The van der Waals surface area contributed by atoms with E-state index in [9.17, 15) is 5.21 Å². The van der Waals surface area contributed by atoms with Gasteiger partial charge in [-0.25, -0.2) is 0 Å². The first-order valence-corrected chi connectivity index (χ1v) is 5.74. The second-order valence-electron chi connectivity index (χ2n) is 3.43. The van der Waals surface area contributed by atoms with Gasteiger partial charge < -0.3 is 5.21 Å². The van der Waals surface area contributed by atoms with Crippen LogP contribution in [-0.2, 0) is 0 Å². The average molecular weight is 266 g/mol. The number of nitrogens with zero attached hydrogens (tertiary/aromatic N) is 1. The van der Waals surface area contributed by atoms with Crippen LogP contribution < -0.4 is 0 Å². The second kappa shape index (κ2) is 5.21. The largest absolute Gasteiger partial charge is 0.618 e. The van der Waals surface area contributed by atoms with E-state index in [1.54, 1.807) is 42.5 Å². The molecule has 0 aliphatic rings. The van der Waals surface area contributed by atoms with Crippen LogP contribution in [-0.4, -0.2) is 11.0 Å². The number of benzene rings is 2. The predicted octanol–water partition coefficient (Wildman–Crippen LogP) is 4.25. The van der Waals surface area contributed by atoms with Crippen molar-refractivity contribution in [1.29, 1.82) is 0 Å². The van der Waals surface area contributed by atoms with Gasteiger partial charge in [-0.05, 0) is 12.1 Å². The number of para-hydroxylation sites is 1. The normalized spacial score (nSPS) is 11.5. The average Bonchev–Trinajstić information content (AvgIpc) is 2.35. The summed E-state index contributed by atoms with van der Waals surface area (Å²) in [5.41, 5.74) is 1.05. The Hall–Kier alpha value is -1.51. The maximum atomic E-state index is 11.9. The Balaban J connectivity index is 2.43. The van der Waals surface area contributed by atoms with Crippen LogP contribution in [0.2, 0.25) is 10.0 Å². The van der Waals surface area contributed by atoms with E-state index < -0.39 is 0 Å². The molecule has 0 saturated heterocycles. The summed E-state index contributed by atoms with van der Waals surface area (Å²) in [6.45, 7) is 0. The van der Waals surface area contributed by atoms with Gasteiger partial charge in [-0.3, -0.25) is 0 Å². The number of hydrogen-bond acceptors (Lipinski definition) is 1. The van der Waals surface area contributed by atoms with Crippen LogP contribution in [0.5, 0.6) is 0 Å². The van der Waals surface area contributed by atoms with E-state index >= 15 is 0 Å². The molecular weight excluding hydrogens is 257 g/mol. The van der Waals surface area contributed by atoms with E-state index in [0.717, 1.165) is 4.74 Å². The summed E-state index contributed by atoms with van der Waals surface area (Å²) < 4.78 is 0.743. The predicted molar refractivity (Wildman–Crippen MR) is 71.4 cm³/mol. The molecule has 2 nitrogen and oxygen atoms in total. The molecule has 0 N–H and O–H groups in total. The first-order valence-electron chi connectivity index (χ1n) is 4.99. The summed E-state index contributed by atoms with van der Waals surface area (Å²) in [6, 6.07) is 14.0. The van der Waals surface area contributed by atoms with Crippen molar-refractivity contribution in [2.45, 2.75) is 0 Å². The van der Waals surface area contributed by atoms with Gasteiger partial charge in [0.1, 0.15) is 0 Å². The van der Waals surface area contributed by atoms with E-state index in [4.69, 9.17) is 23.2 Å². The van der Waals surface area contributed by atoms with Crippen molar-refractivity contribution in [3.63, 3.8) is 0 Å². The molecule has 0 bridgehead atoms. The summed E-state index contributed by atoms with van der Waals surface area (Å²) >= 11 is 12.0. The number of halogens is 2. The molecule has 0 unspecified atom stereocenters. The molecule has 0 fully saturated rings. The topological polar surface area (TPSA) is 26.1 Å². The van der Waals surface area contributed by atoms with Crippen molar-refractivity contribution in [2.24, 2.45) is 0 Å². The first kappa shape index (κ1) is 12.0. The fourth-order valence-electron chi connectivity index (χ4n) is 1.40. The minimum atomic E-state index is 0.453. The van der Waals surface area contributed by atoms with Crippen molar-refractivity contribution in [3.8, 4) is 0 Å². The molecule has 2 aromatic rings. The van der Waals surface area contributed by atoms with Crippen molar-refractivity contribution in [2.75, 3.05) is 0 Å². The highest BCUT2D eigenvalue weighted by molar-refractivity contribution is 6.38. The third kappa shape index (κ3) is 2.78. The summed E-state index contributed by atoms with van der Waals surface area (Å²) in [5.74, 6) is 0. The molecule has 0 radical (unpaired) electrons. The van der Waals surface area contributed by atoms with Gasteiger partial charge in [0.15, 0.2) is 6.21 Å². The summed E-state index contributed by atoms with van der Waals surface area (Å²) in [4.78, 5) is 0. The maximum absolute atomic E-state index is 11.9. The van der Waals surface area contributed by atoms with Gasteiger partial charge in [-0.1, -0.05) is 47.5 Å². The summed E-state index contributed by atoms with van der Waals surface area (Å²) in [7, 11) is 0. The lowest BCUT2D eigenvalue weighted by molar-refractivity contribution is -0.354. The Morgan fingerprint density at radius 3 is 2.06 bits per heavy atom. The Labute approximate surface area is 109 Å². The molecule has 0 aliphatic heterocycles.